The molecule has 1 aliphatic heterocycles. The van der Waals surface area contributed by atoms with E-state index in [0.717, 1.165) is 11.3 Å². The fraction of sp³-hybridized carbons (Fsp3) is 0.333. The lowest BCUT2D eigenvalue weighted by Crippen LogP contribution is -2.37. The fourth-order valence-corrected chi connectivity index (χ4v) is 5.78. The quantitative estimate of drug-likeness (QED) is 0.543. The molecule has 0 radical (unpaired) electrons. The van der Waals surface area contributed by atoms with Gasteiger partial charge in [-0.1, -0.05) is 18.7 Å². The molecule has 0 spiro atoms. The Kier molecular flexibility index (Phi) is 6.53. The van der Waals surface area contributed by atoms with Crippen molar-refractivity contribution in [2.75, 3.05) is 26.7 Å². The van der Waals surface area contributed by atoms with Gasteiger partial charge in [-0.3, -0.25) is 9.59 Å². The summed E-state index contributed by atoms with van der Waals surface area (Å²) in [4.78, 5) is 24.0. The van der Waals surface area contributed by atoms with Gasteiger partial charge in [0.2, 0.25) is 15.9 Å². The first-order valence-electron chi connectivity index (χ1n) is 10.8. The first-order chi connectivity index (χ1) is 15.8. The standard InChI is InChI=1S/C24H27N3O5S/c1-3-22(28)26-23-20-14-27(15-21(20)23)33(30,31)19-10-6-17(7-11-19)24(29)25-13-12-16-4-8-18(32-2)9-5-16/h3-11,20-21,23H,1,12-15H2,2H3,(H,25,29)(H,26,28). The summed E-state index contributed by atoms with van der Waals surface area (Å²) in [5.74, 6) is 0.569. The molecule has 1 aliphatic carbocycles. The van der Waals surface area contributed by atoms with Gasteiger partial charge in [0, 0.05) is 31.2 Å². The summed E-state index contributed by atoms with van der Waals surface area (Å²) in [6.07, 6.45) is 1.90. The van der Waals surface area contributed by atoms with E-state index < -0.39 is 10.0 Å². The van der Waals surface area contributed by atoms with Gasteiger partial charge in [-0.2, -0.15) is 4.31 Å². The Bertz CT molecular complexity index is 1130. The lowest BCUT2D eigenvalue weighted by molar-refractivity contribution is -0.116. The van der Waals surface area contributed by atoms with E-state index in [4.69, 9.17) is 4.74 Å². The summed E-state index contributed by atoms with van der Waals surface area (Å²) in [5.41, 5.74) is 1.48. The van der Waals surface area contributed by atoms with Crippen LogP contribution in [-0.2, 0) is 21.2 Å². The summed E-state index contributed by atoms with van der Waals surface area (Å²) < 4.78 is 32.5. The van der Waals surface area contributed by atoms with Gasteiger partial charge >= 0.3 is 0 Å². The van der Waals surface area contributed by atoms with Gasteiger partial charge in [0.1, 0.15) is 5.75 Å². The normalized spacial score (nSPS) is 21.7. The molecule has 2 amide bonds. The van der Waals surface area contributed by atoms with Crippen molar-refractivity contribution in [1.82, 2.24) is 14.9 Å². The molecule has 174 valence electrons. The number of piperidine rings is 1. The molecule has 2 aromatic carbocycles. The van der Waals surface area contributed by atoms with Crippen LogP contribution in [0.3, 0.4) is 0 Å². The molecule has 2 aromatic rings. The predicted octanol–water partition coefficient (Wildman–Crippen LogP) is 1.59. The van der Waals surface area contributed by atoms with Crippen molar-refractivity contribution in [3.05, 3.63) is 72.3 Å². The molecule has 1 saturated carbocycles. The Morgan fingerprint density at radius 1 is 1.09 bits per heavy atom. The van der Waals surface area contributed by atoms with Gasteiger partial charge < -0.3 is 15.4 Å². The maximum Gasteiger partial charge on any atom is 0.251 e. The molecule has 2 aliphatic rings. The second kappa shape index (κ2) is 9.36. The molecule has 0 bridgehead atoms. The second-order valence-electron chi connectivity index (χ2n) is 8.27. The number of amides is 2. The number of nitrogens with one attached hydrogen (secondary N) is 2. The van der Waals surface area contributed by atoms with Crippen molar-refractivity contribution in [3.8, 4) is 5.75 Å². The SMILES string of the molecule is C=CC(=O)NC1C2CN(S(=O)(=O)c3ccc(C(=O)NCCc4ccc(OC)cc4)cc3)CC21. The topological polar surface area (TPSA) is 105 Å². The van der Waals surface area contributed by atoms with Crippen molar-refractivity contribution in [2.24, 2.45) is 11.8 Å². The van der Waals surface area contributed by atoms with Crippen molar-refractivity contribution in [1.29, 1.82) is 0 Å². The summed E-state index contributed by atoms with van der Waals surface area (Å²) >= 11 is 0. The molecular weight excluding hydrogens is 442 g/mol. The van der Waals surface area contributed by atoms with Crippen LogP contribution in [0.5, 0.6) is 5.75 Å². The largest absolute Gasteiger partial charge is 0.497 e. The molecule has 1 heterocycles. The van der Waals surface area contributed by atoms with E-state index in [1.807, 2.05) is 24.3 Å². The third-order valence-corrected chi connectivity index (χ3v) is 8.11. The molecule has 2 unspecified atom stereocenters. The average molecular weight is 470 g/mol. The molecular formula is C24H27N3O5S. The maximum absolute atomic E-state index is 13.0. The van der Waals surface area contributed by atoms with E-state index in [1.165, 1.54) is 34.6 Å². The van der Waals surface area contributed by atoms with E-state index >= 15 is 0 Å². The fourth-order valence-electron chi connectivity index (χ4n) is 4.26. The van der Waals surface area contributed by atoms with Crippen LogP contribution in [0.4, 0.5) is 0 Å². The van der Waals surface area contributed by atoms with Crippen molar-refractivity contribution in [2.45, 2.75) is 17.4 Å². The first-order valence-corrected chi connectivity index (χ1v) is 12.2. The Morgan fingerprint density at radius 2 is 1.73 bits per heavy atom. The Labute approximate surface area is 193 Å². The smallest absolute Gasteiger partial charge is 0.251 e. The number of benzene rings is 2. The minimum Gasteiger partial charge on any atom is -0.497 e. The minimum absolute atomic E-state index is 0.0194. The Hall–Kier alpha value is -3.17. The highest BCUT2D eigenvalue weighted by atomic mass is 32.2. The van der Waals surface area contributed by atoms with Crippen LogP contribution in [-0.4, -0.2) is 57.3 Å². The number of nitrogens with zero attached hydrogens (tertiary/aromatic N) is 1. The van der Waals surface area contributed by atoms with Crippen molar-refractivity contribution >= 4 is 21.8 Å². The number of fused-ring (bicyclic) bond motifs is 1. The number of sulfonamides is 1. The van der Waals surface area contributed by atoms with Gasteiger partial charge in [-0.15, -0.1) is 0 Å². The van der Waals surface area contributed by atoms with E-state index in [9.17, 15) is 18.0 Å². The highest BCUT2D eigenvalue weighted by Crippen LogP contribution is 2.47. The molecule has 33 heavy (non-hydrogen) atoms. The monoisotopic (exact) mass is 469 g/mol. The Morgan fingerprint density at radius 3 is 2.30 bits per heavy atom. The van der Waals surface area contributed by atoms with Gasteiger partial charge in [-0.25, -0.2) is 8.42 Å². The van der Waals surface area contributed by atoms with E-state index in [1.54, 1.807) is 7.11 Å². The molecule has 1 saturated heterocycles. The van der Waals surface area contributed by atoms with Crippen LogP contribution in [0.15, 0.2) is 66.1 Å². The van der Waals surface area contributed by atoms with E-state index in [2.05, 4.69) is 17.2 Å². The highest BCUT2D eigenvalue weighted by molar-refractivity contribution is 7.89. The first kappa shape index (κ1) is 23.0. The minimum atomic E-state index is -3.64. The van der Waals surface area contributed by atoms with Crippen LogP contribution >= 0.6 is 0 Å². The zero-order chi connectivity index (χ0) is 23.6. The highest BCUT2D eigenvalue weighted by Gasteiger charge is 2.58. The number of hydrogen-bond acceptors (Lipinski definition) is 5. The molecule has 2 atom stereocenters. The Balaban J connectivity index is 1.29. The molecule has 2 fully saturated rings. The van der Waals surface area contributed by atoms with Crippen LogP contribution < -0.4 is 15.4 Å². The molecule has 8 nitrogen and oxygen atoms in total. The average Bonchev–Trinajstić information content (AvgIpc) is 3.25. The number of hydrogen-bond donors (Lipinski definition) is 2. The number of carbonyl (C=O) groups is 2. The zero-order valence-corrected chi connectivity index (χ0v) is 19.2. The molecule has 0 aromatic heterocycles. The molecule has 9 heteroatoms. The van der Waals surface area contributed by atoms with Crippen molar-refractivity contribution in [3.63, 3.8) is 0 Å². The number of rotatable bonds is 9. The number of methoxy groups -OCH3 is 1. The van der Waals surface area contributed by atoms with Gasteiger partial charge in [0.05, 0.1) is 12.0 Å². The van der Waals surface area contributed by atoms with Gasteiger partial charge in [0.15, 0.2) is 0 Å². The van der Waals surface area contributed by atoms with Crippen LogP contribution in [0, 0.1) is 11.8 Å². The van der Waals surface area contributed by atoms with E-state index in [0.29, 0.717) is 31.6 Å². The zero-order valence-electron chi connectivity index (χ0n) is 18.4. The summed E-state index contributed by atoms with van der Waals surface area (Å²) in [5, 5.41) is 5.70. The summed E-state index contributed by atoms with van der Waals surface area (Å²) in [6, 6.07) is 13.6. The molecule has 2 N–H and O–H groups in total. The summed E-state index contributed by atoms with van der Waals surface area (Å²) in [6.45, 7) is 4.65. The van der Waals surface area contributed by atoms with Crippen LogP contribution in [0.2, 0.25) is 0 Å². The second-order valence-corrected chi connectivity index (χ2v) is 10.2. The van der Waals surface area contributed by atoms with E-state index in [-0.39, 0.29) is 34.6 Å². The third-order valence-electron chi connectivity index (χ3n) is 6.27. The van der Waals surface area contributed by atoms with Gasteiger partial charge in [0.25, 0.3) is 5.91 Å². The summed E-state index contributed by atoms with van der Waals surface area (Å²) in [7, 11) is -2.03. The number of ether oxygens (including phenoxy) is 1. The number of carbonyl (C=O) groups excluding carboxylic acids is 2. The van der Waals surface area contributed by atoms with Gasteiger partial charge in [-0.05, 0) is 66.3 Å². The van der Waals surface area contributed by atoms with Crippen LogP contribution in [0.25, 0.3) is 0 Å². The molecule has 4 rings (SSSR count). The lowest BCUT2D eigenvalue weighted by Gasteiger charge is -2.20. The predicted molar refractivity (Wildman–Crippen MR) is 123 cm³/mol. The lowest BCUT2D eigenvalue weighted by atomic mass is 10.1. The van der Waals surface area contributed by atoms with Crippen LogP contribution in [0.1, 0.15) is 15.9 Å². The maximum atomic E-state index is 13.0. The third kappa shape index (κ3) is 4.94. The van der Waals surface area contributed by atoms with Crippen molar-refractivity contribution < 1.29 is 22.7 Å².